The molecular weight excluding hydrogens is 231 g/mol. The van der Waals surface area contributed by atoms with E-state index in [-0.39, 0.29) is 23.3 Å². The van der Waals surface area contributed by atoms with E-state index in [9.17, 15) is 9.18 Å². The number of carbonyl (C=O) groups is 1. The van der Waals surface area contributed by atoms with E-state index in [0.29, 0.717) is 6.54 Å². The maximum atomic E-state index is 12.7. The summed E-state index contributed by atoms with van der Waals surface area (Å²) in [4.78, 5) is 11.8. The van der Waals surface area contributed by atoms with Crippen LogP contribution < -0.4 is 10.6 Å². The number of carbonyl (C=O) groups excluding carboxylic acids is 1. The van der Waals surface area contributed by atoms with Crippen LogP contribution in [-0.2, 0) is 11.3 Å². The van der Waals surface area contributed by atoms with Crippen LogP contribution in [0.5, 0.6) is 0 Å². The van der Waals surface area contributed by atoms with Crippen molar-refractivity contribution in [2.24, 2.45) is 0 Å². The molecule has 0 saturated carbocycles. The Labute approximate surface area is 108 Å². The summed E-state index contributed by atoms with van der Waals surface area (Å²) in [5.74, 6) is -0.290. The molecule has 4 heteroatoms. The minimum atomic E-state index is -0.283. The fraction of sp³-hybridized carbons (Fsp3) is 0.500. The average molecular weight is 252 g/mol. The molecule has 0 saturated heterocycles. The highest BCUT2D eigenvalue weighted by Crippen LogP contribution is 2.03. The molecule has 1 atom stereocenters. The molecular formula is C14H21FN2O. The summed E-state index contributed by atoms with van der Waals surface area (Å²) in [6.45, 7) is 8.18. The van der Waals surface area contributed by atoms with E-state index < -0.39 is 0 Å². The largest absolute Gasteiger partial charge is 0.350 e. The molecule has 1 rings (SSSR count). The van der Waals surface area contributed by atoms with Gasteiger partial charge in [-0.1, -0.05) is 12.1 Å². The quantitative estimate of drug-likeness (QED) is 0.862. The molecule has 0 aliphatic heterocycles. The zero-order valence-electron chi connectivity index (χ0n) is 11.4. The molecule has 100 valence electrons. The molecule has 0 radical (unpaired) electrons. The van der Waals surface area contributed by atoms with E-state index in [1.807, 2.05) is 27.7 Å². The summed E-state index contributed by atoms with van der Waals surface area (Å²) >= 11 is 0. The molecule has 18 heavy (non-hydrogen) atoms. The third-order valence-electron chi connectivity index (χ3n) is 2.42. The fourth-order valence-corrected chi connectivity index (χ4v) is 1.44. The smallest absolute Gasteiger partial charge is 0.237 e. The lowest BCUT2D eigenvalue weighted by atomic mass is 10.1. The van der Waals surface area contributed by atoms with Crippen LogP contribution in [0.4, 0.5) is 4.39 Å². The first kappa shape index (κ1) is 14.6. The van der Waals surface area contributed by atoms with Gasteiger partial charge >= 0.3 is 0 Å². The molecule has 1 aromatic carbocycles. The van der Waals surface area contributed by atoms with Gasteiger partial charge in [-0.3, -0.25) is 4.79 Å². The second-order valence-corrected chi connectivity index (χ2v) is 5.47. The molecule has 0 spiro atoms. The van der Waals surface area contributed by atoms with E-state index in [2.05, 4.69) is 10.6 Å². The number of nitrogens with one attached hydrogen (secondary N) is 2. The van der Waals surface area contributed by atoms with Gasteiger partial charge in [0.2, 0.25) is 5.91 Å². The van der Waals surface area contributed by atoms with Crippen molar-refractivity contribution in [3.63, 3.8) is 0 Å². The predicted octanol–water partition coefficient (Wildman–Crippen LogP) is 2.22. The summed E-state index contributed by atoms with van der Waals surface area (Å²) in [6, 6.07) is 5.95. The molecule has 0 fully saturated rings. The van der Waals surface area contributed by atoms with E-state index in [1.165, 1.54) is 12.1 Å². The molecule has 3 nitrogen and oxygen atoms in total. The van der Waals surface area contributed by atoms with Crippen molar-refractivity contribution >= 4 is 5.91 Å². The Morgan fingerprint density at radius 2 is 1.83 bits per heavy atom. The molecule has 2 N–H and O–H groups in total. The highest BCUT2D eigenvalue weighted by molar-refractivity contribution is 5.81. The molecule has 1 amide bonds. The van der Waals surface area contributed by atoms with E-state index in [1.54, 1.807) is 12.1 Å². The van der Waals surface area contributed by atoms with Gasteiger partial charge in [0.1, 0.15) is 5.82 Å². The number of hydrogen-bond acceptors (Lipinski definition) is 2. The monoisotopic (exact) mass is 252 g/mol. The molecule has 0 aliphatic rings. The third kappa shape index (κ3) is 5.27. The highest BCUT2D eigenvalue weighted by atomic mass is 19.1. The number of hydrogen-bond donors (Lipinski definition) is 2. The van der Waals surface area contributed by atoms with Gasteiger partial charge in [0.25, 0.3) is 0 Å². The normalized spacial score (nSPS) is 13.2. The Kier molecular flexibility index (Phi) is 4.84. The van der Waals surface area contributed by atoms with Crippen molar-refractivity contribution in [2.75, 3.05) is 0 Å². The first-order valence-electron chi connectivity index (χ1n) is 6.08. The van der Waals surface area contributed by atoms with Crippen LogP contribution in [-0.4, -0.2) is 17.5 Å². The highest BCUT2D eigenvalue weighted by Gasteiger charge is 2.18. The van der Waals surface area contributed by atoms with Crippen LogP contribution >= 0.6 is 0 Å². The lowest BCUT2D eigenvalue weighted by Gasteiger charge is -2.23. The predicted molar refractivity (Wildman–Crippen MR) is 70.6 cm³/mol. The second-order valence-electron chi connectivity index (χ2n) is 5.47. The summed E-state index contributed by atoms with van der Waals surface area (Å²) in [6.07, 6.45) is 0. The Balaban J connectivity index is 2.43. The molecule has 1 unspecified atom stereocenters. The Morgan fingerprint density at radius 1 is 1.28 bits per heavy atom. The van der Waals surface area contributed by atoms with Crippen LogP contribution in [0.3, 0.4) is 0 Å². The average Bonchev–Trinajstić information content (AvgIpc) is 2.25. The molecule has 0 aromatic heterocycles. The lowest BCUT2D eigenvalue weighted by Crippen LogP contribution is -2.49. The topological polar surface area (TPSA) is 41.1 Å². The minimum absolute atomic E-state index is 0.0374. The molecule has 1 aromatic rings. The van der Waals surface area contributed by atoms with E-state index >= 15 is 0 Å². The first-order chi connectivity index (χ1) is 8.28. The maximum Gasteiger partial charge on any atom is 0.237 e. The van der Waals surface area contributed by atoms with Gasteiger partial charge in [-0.15, -0.1) is 0 Å². The molecule has 0 aliphatic carbocycles. The summed E-state index contributed by atoms with van der Waals surface area (Å²) in [7, 11) is 0. The van der Waals surface area contributed by atoms with Gasteiger partial charge in [-0.05, 0) is 45.4 Å². The van der Waals surface area contributed by atoms with Crippen LogP contribution in [0.15, 0.2) is 24.3 Å². The second kappa shape index (κ2) is 5.96. The maximum absolute atomic E-state index is 12.7. The first-order valence-corrected chi connectivity index (χ1v) is 6.08. The van der Waals surface area contributed by atoms with Gasteiger partial charge in [-0.2, -0.15) is 0 Å². The Bertz CT molecular complexity index is 395. The van der Waals surface area contributed by atoms with Crippen LogP contribution in [0.1, 0.15) is 33.3 Å². The fourth-order valence-electron chi connectivity index (χ4n) is 1.44. The molecule has 0 heterocycles. The van der Waals surface area contributed by atoms with Gasteiger partial charge in [-0.25, -0.2) is 4.39 Å². The Morgan fingerprint density at radius 3 is 2.33 bits per heavy atom. The van der Waals surface area contributed by atoms with Gasteiger partial charge in [0.15, 0.2) is 0 Å². The van der Waals surface area contributed by atoms with Crippen molar-refractivity contribution in [1.82, 2.24) is 10.6 Å². The summed E-state index contributed by atoms with van der Waals surface area (Å²) in [5.41, 5.74) is 0.718. The van der Waals surface area contributed by atoms with Crippen molar-refractivity contribution in [2.45, 2.75) is 45.8 Å². The standard InChI is InChI=1S/C14H21FN2O/c1-10(13(18)17-14(2,3)4)16-9-11-5-7-12(15)8-6-11/h5-8,10,16H,9H2,1-4H3,(H,17,18). The SMILES string of the molecule is CC(NCc1ccc(F)cc1)C(=O)NC(C)(C)C. The molecule has 0 bridgehead atoms. The van der Waals surface area contributed by atoms with Crippen molar-refractivity contribution in [1.29, 1.82) is 0 Å². The van der Waals surface area contributed by atoms with E-state index in [0.717, 1.165) is 5.56 Å². The van der Waals surface area contributed by atoms with Crippen molar-refractivity contribution in [3.05, 3.63) is 35.6 Å². The van der Waals surface area contributed by atoms with Crippen molar-refractivity contribution in [3.8, 4) is 0 Å². The van der Waals surface area contributed by atoms with E-state index in [4.69, 9.17) is 0 Å². The van der Waals surface area contributed by atoms with Crippen LogP contribution in [0.25, 0.3) is 0 Å². The summed E-state index contributed by atoms with van der Waals surface area (Å²) in [5, 5.41) is 6.01. The number of rotatable bonds is 4. The van der Waals surface area contributed by atoms with Gasteiger partial charge < -0.3 is 10.6 Å². The lowest BCUT2D eigenvalue weighted by molar-refractivity contribution is -0.124. The van der Waals surface area contributed by atoms with Crippen molar-refractivity contribution < 1.29 is 9.18 Å². The number of amides is 1. The Hall–Kier alpha value is -1.42. The van der Waals surface area contributed by atoms with Crippen LogP contribution in [0.2, 0.25) is 0 Å². The number of benzene rings is 1. The zero-order chi connectivity index (χ0) is 13.8. The third-order valence-corrected chi connectivity index (χ3v) is 2.42. The summed E-state index contributed by atoms with van der Waals surface area (Å²) < 4.78 is 12.7. The van der Waals surface area contributed by atoms with Gasteiger partial charge in [0, 0.05) is 12.1 Å². The van der Waals surface area contributed by atoms with Gasteiger partial charge in [0.05, 0.1) is 6.04 Å². The van der Waals surface area contributed by atoms with Crippen LogP contribution in [0, 0.1) is 5.82 Å². The zero-order valence-corrected chi connectivity index (χ0v) is 11.4. The number of halogens is 1. The minimum Gasteiger partial charge on any atom is -0.350 e.